The molecule has 0 fully saturated rings. The predicted molar refractivity (Wildman–Crippen MR) is 196 cm³/mol. The third-order valence-corrected chi connectivity index (χ3v) is 11.1. The standard InChI is InChI=1S/C41H24N6O3/c48-17-47-16-25-31-22-11-9-18(13-28(22)45-37(31)39-33(35(25)41(47)50)21-6-2-4-8-27(21)44-39)19-10-12-23-29(14-19)46-38-32(23)34-24(15-42-40(34)49)30-20-5-1-3-7-26(20)43-36(30)38/h1-14,17,43-46H,15-16H2,(H,42,49). The molecule has 2 aliphatic heterocycles. The monoisotopic (exact) mass is 648 g/mol. The second-order valence-electron chi connectivity index (χ2n) is 13.5. The van der Waals surface area contributed by atoms with Crippen molar-refractivity contribution in [3.05, 3.63) is 107 Å². The van der Waals surface area contributed by atoms with Gasteiger partial charge in [0.05, 0.1) is 39.7 Å². The molecule has 4 aromatic heterocycles. The van der Waals surface area contributed by atoms with Gasteiger partial charge in [0.1, 0.15) is 0 Å². The van der Waals surface area contributed by atoms with E-state index in [2.05, 4.69) is 73.8 Å². The van der Waals surface area contributed by atoms with Crippen molar-refractivity contribution < 1.29 is 14.4 Å². The smallest absolute Gasteiger partial charge is 0.261 e. The van der Waals surface area contributed by atoms with Crippen LogP contribution in [0, 0.1) is 0 Å². The number of aromatic amines is 4. The van der Waals surface area contributed by atoms with Crippen LogP contribution in [-0.4, -0.2) is 43.1 Å². The zero-order valence-corrected chi connectivity index (χ0v) is 26.2. The molecule has 0 aliphatic carbocycles. The van der Waals surface area contributed by atoms with Crippen molar-refractivity contribution in [1.29, 1.82) is 0 Å². The number of rotatable bonds is 2. The molecule has 50 heavy (non-hydrogen) atoms. The van der Waals surface area contributed by atoms with Gasteiger partial charge in [-0.05, 0) is 46.5 Å². The molecule has 3 amide bonds. The van der Waals surface area contributed by atoms with Crippen LogP contribution >= 0.6 is 0 Å². The van der Waals surface area contributed by atoms with Gasteiger partial charge < -0.3 is 25.3 Å². The second-order valence-corrected chi connectivity index (χ2v) is 13.5. The Bertz CT molecular complexity index is 3260. The molecule has 9 heteroatoms. The number of H-pyrrole nitrogens is 4. The van der Waals surface area contributed by atoms with Gasteiger partial charge in [-0.3, -0.25) is 19.3 Å². The first kappa shape index (κ1) is 26.1. The lowest BCUT2D eigenvalue weighted by molar-refractivity contribution is -0.116. The topological polar surface area (TPSA) is 130 Å². The number of hydrogen-bond donors (Lipinski definition) is 5. The van der Waals surface area contributed by atoms with Gasteiger partial charge in [0.25, 0.3) is 11.8 Å². The summed E-state index contributed by atoms with van der Waals surface area (Å²) in [5, 5.41) is 11.0. The predicted octanol–water partition coefficient (Wildman–Crippen LogP) is 8.25. The van der Waals surface area contributed by atoms with Crippen LogP contribution in [0.1, 0.15) is 31.8 Å². The molecule has 5 N–H and O–H groups in total. The number of hydrogen-bond acceptors (Lipinski definition) is 3. The summed E-state index contributed by atoms with van der Waals surface area (Å²) in [6.07, 6.45) is 0.631. The molecule has 6 heterocycles. The van der Waals surface area contributed by atoms with Crippen molar-refractivity contribution >= 4 is 105 Å². The summed E-state index contributed by atoms with van der Waals surface area (Å²) >= 11 is 0. The van der Waals surface area contributed by atoms with Crippen molar-refractivity contribution in [3.63, 3.8) is 0 Å². The number of carbonyl (C=O) groups is 3. The van der Waals surface area contributed by atoms with Gasteiger partial charge in [0.2, 0.25) is 6.41 Å². The van der Waals surface area contributed by atoms with Crippen molar-refractivity contribution in [2.75, 3.05) is 0 Å². The van der Waals surface area contributed by atoms with Crippen molar-refractivity contribution in [2.24, 2.45) is 0 Å². The maximum atomic E-state index is 13.5. The average Bonchev–Trinajstić information content (AvgIpc) is 3.98. The zero-order valence-electron chi connectivity index (χ0n) is 26.2. The van der Waals surface area contributed by atoms with Gasteiger partial charge in [0.15, 0.2) is 0 Å². The number of aromatic nitrogens is 4. The average molecular weight is 649 g/mol. The largest absolute Gasteiger partial charge is 0.353 e. The number of nitrogens with zero attached hydrogens (tertiary/aromatic N) is 1. The van der Waals surface area contributed by atoms with E-state index in [-0.39, 0.29) is 18.4 Å². The summed E-state index contributed by atoms with van der Waals surface area (Å²) < 4.78 is 0. The van der Waals surface area contributed by atoms with Crippen LogP contribution in [0.4, 0.5) is 0 Å². The summed E-state index contributed by atoms with van der Waals surface area (Å²) in [5.74, 6) is -0.308. The van der Waals surface area contributed by atoms with Gasteiger partial charge in [-0.1, -0.05) is 60.7 Å². The summed E-state index contributed by atoms with van der Waals surface area (Å²) in [4.78, 5) is 54.6. The summed E-state index contributed by atoms with van der Waals surface area (Å²) in [6, 6.07) is 28.9. The summed E-state index contributed by atoms with van der Waals surface area (Å²) in [6.45, 7) is 0.744. The van der Waals surface area contributed by atoms with Gasteiger partial charge >= 0.3 is 0 Å². The molecule has 0 spiro atoms. The van der Waals surface area contributed by atoms with E-state index in [1.54, 1.807) is 0 Å². The van der Waals surface area contributed by atoms with Crippen LogP contribution in [0.2, 0.25) is 0 Å². The lowest BCUT2D eigenvalue weighted by Crippen LogP contribution is -2.21. The highest BCUT2D eigenvalue weighted by Gasteiger charge is 2.34. The highest BCUT2D eigenvalue weighted by Crippen LogP contribution is 2.45. The number of fused-ring (bicyclic) bond motifs is 20. The van der Waals surface area contributed by atoms with E-state index in [1.165, 1.54) is 4.90 Å². The molecule has 12 rings (SSSR count). The van der Waals surface area contributed by atoms with E-state index in [1.807, 2.05) is 36.4 Å². The SMILES string of the molecule is O=CN1Cc2c(c3c4ccccc4[nH]c3c3[nH]c4cc(-c5ccc6c(c5)[nH]c5c7[nH]c8ccccc8c7c7c(c65)C(=O)NC7)ccc4c23)C1=O. The van der Waals surface area contributed by atoms with Gasteiger partial charge in [-0.15, -0.1) is 0 Å². The van der Waals surface area contributed by atoms with E-state index in [0.717, 1.165) is 115 Å². The normalized spacial score (nSPS) is 14.5. The Morgan fingerprint density at radius 3 is 1.68 bits per heavy atom. The third-order valence-electron chi connectivity index (χ3n) is 11.1. The van der Waals surface area contributed by atoms with E-state index in [9.17, 15) is 14.4 Å². The van der Waals surface area contributed by atoms with Crippen LogP contribution in [0.3, 0.4) is 0 Å². The highest BCUT2D eigenvalue weighted by atomic mass is 16.2. The molecule has 0 bridgehead atoms. The van der Waals surface area contributed by atoms with Gasteiger partial charge in [0, 0.05) is 71.7 Å². The molecule has 236 valence electrons. The van der Waals surface area contributed by atoms with Crippen molar-refractivity contribution in [3.8, 4) is 11.1 Å². The Morgan fingerprint density at radius 2 is 1.04 bits per heavy atom. The fourth-order valence-electron chi connectivity index (χ4n) is 9.04. The molecule has 0 radical (unpaired) electrons. The van der Waals surface area contributed by atoms with E-state index < -0.39 is 0 Å². The fraction of sp³-hybridized carbons (Fsp3) is 0.0488. The van der Waals surface area contributed by atoms with Crippen molar-refractivity contribution in [1.82, 2.24) is 30.2 Å². The van der Waals surface area contributed by atoms with Gasteiger partial charge in [-0.2, -0.15) is 0 Å². The Morgan fingerprint density at radius 1 is 0.540 bits per heavy atom. The molecule has 0 atom stereocenters. The third kappa shape index (κ3) is 3.02. The molecule has 10 aromatic rings. The Kier molecular flexibility index (Phi) is 4.58. The Balaban J connectivity index is 1.09. The van der Waals surface area contributed by atoms with E-state index >= 15 is 0 Å². The molecule has 0 saturated carbocycles. The van der Waals surface area contributed by atoms with Crippen LogP contribution < -0.4 is 5.32 Å². The number of para-hydroxylation sites is 2. The number of benzene rings is 6. The molecular formula is C41H24N6O3. The number of carbonyl (C=O) groups excluding carboxylic acids is 3. The van der Waals surface area contributed by atoms with Crippen LogP contribution in [0.5, 0.6) is 0 Å². The number of amides is 3. The summed E-state index contributed by atoms with van der Waals surface area (Å²) in [5.41, 5.74) is 12.9. The van der Waals surface area contributed by atoms with Crippen molar-refractivity contribution in [2.45, 2.75) is 13.1 Å². The fourth-order valence-corrected chi connectivity index (χ4v) is 9.04. The van der Waals surface area contributed by atoms with E-state index in [4.69, 9.17) is 0 Å². The lowest BCUT2D eigenvalue weighted by Gasteiger charge is -2.05. The minimum absolute atomic E-state index is 0.0417. The maximum Gasteiger partial charge on any atom is 0.261 e. The Hall–Kier alpha value is -6.87. The summed E-state index contributed by atoms with van der Waals surface area (Å²) in [7, 11) is 0. The molecular weight excluding hydrogens is 624 g/mol. The van der Waals surface area contributed by atoms with Gasteiger partial charge in [-0.25, -0.2) is 0 Å². The molecule has 0 unspecified atom stereocenters. The maximum absolute atomic E-state index is 13.5. The van der Waals surface area contributed by atoms with E-state index in [0.29, 0.717) is 18.5 Å². The minimum atomic E-state index is -0.267. The first-order chi connectivity index (χ1) is 24.6. The quantitative estimate of drug-likeness (QED) is 0.121. The zero-order chi connectivity index (χ0) is 33.0. The number of imide groups is 1. The minimum Gasteiger partial charge on any atom is -0.353 e. The Labute approximate surface area is 280 Å². The number of nitrogens with one attached hydrogen (secondary N) is 5. The van der Waals surface area contributed by atoms with Crippen LogP contribution in [-0.2, 0) is 17.9 Å². The molecule has 9 nitrogen and oxygen atoms in total. The highest BCUT2D eigenvalue weighted by molar-refractivity contribution is 6.32. The molecule has 2 aliphatic rings. The second kappa shape index (κ2) is 8.77. The molecule has 6 aromatic carbocycles. The molecule has 0 saturated heterocycles. The lowest BCUT2D eigenvalue weighted by atomic mass is 9.95. The van der Waals surface area contributed by atoms with Crippen LogP contribution in [0.15, 0.2) is 84.9 Å². The van der Waals surface area contributed by atoms with Crippen LogP contribution in [0.25, 0.3) is 98.4 Å². The first-order valence-electron chi connectivity index (χ1n) is 16.6. The first-order valence-corrected chi connectivity index (χ1v) is 16.6.